The van der Waals surface area contributed by atoms with Gasteiger partial charge in [-0.15, -0.1) is 0 Å². The first-order chi connectivity index (χ1) is 12.9. The van der Waals surface area contributed by atoms with Gasteiger partial charge in [-0.2, -0.15) is 13.2 Å². The Morgan fingerprint density at radius 3 is 1.96 bits per heavy atom. The number of guanidine groups is 1. The number of aliphatic imine (C=N–C) groups is 1. The number of nitrogens with zero attached hydrogens (tertiary/aromatic N) is 1. The van der Waals surface area contributed by atoms with Crippen LogP contribution in [0.4, 0.5) is 13.2 Å². The predicted octanol–water partition coefficient (Wildman–Crippen LogP) is 3.50. The average molecular weight is 381 g/mol. The van der Waals surface area contributed by atoms with Crippen molar-refractivity contribution < 1.29 is 22.6 Å². The van der Waals surface area contributed by atoms with Crippen LogP contribution >= 0.6 is 0 Å². The molecule has 146 valence electrons. The zero-order valence-corrected chi connectivity index (χ0v) is 15.1. The molecule has 0 spiro atoms. The van der Waals surface area contributed by atoms with Crippen LogP contribution in [-0.2, 0) is 13.1 Å². The van der Waals surface area contributed by atoms with Crippen LogP contribution in [0.2, 0.25) is 0 Å². The van der Waals surface area contributed by atoms with E-state index in [0.717, 1.165) is 11.3 Å². The van der Waals surface area contributed by atoms with Gasteiger partial charge in [0.25, 0.3) is 0 Å². The maximum atomic E-state index is 12.4. The minimum atomic E-state index is -4.38. The summed E-state index contributed by atoms with van der Waals surface area (Å²) in [5.74, 6) is 1.44. The van der Waals surface area contributed by atoms with Gasteiger partial charge in [0.05, 0.1) is 7.11 Å². The second-order valence-electron chi connectivity index (χ2n) is 5.60. The monoisotopic (exact) mass is 381 g/mol. The van der Waals surface area contributed by atoms with Crippen LogP contribution in [0.3, 0.4) is 0 Å². The number of nitrogens with one attached hydrogen (secondary N) is 2. The fraction of sp³-hybridized carbons (Fsp3) is 0.316. The Bertz CT molecular complexity index is 764. The number of hydrogen-bond acceptors (Lipinski definition) is 3. The van der Waals surface area contributed by atoms with Crippen molar-refractivity contribution in [2.24, 2.45) is 4.99 Å². The smallest absolute Gasteiger partial charge is 0.422 e. The Kier molecular flexibility index (Phi) is 7.34. The molecule has 0 aliphatic rings. The molecule has 0 saturated heterocycles. The maximum Gasteiger partial charge on any atom is 0.422 e. The quantitative estimate of drug-likeness (QED) is 0.569. The standard InChI is InChI=1S/C19H22F3N3O2/c1-23-18(24-11-14-7-3-5-9-16(14)26-2)25-12-15-8-4-6-10-17(15)27-13-19(20,21)22/h3-10H,11-13H2,1-2H3,(H2,23,24,25). The molecule has 27 heavy (non-hydrogen) atoms. The number of hydrogen-bond donors (Lipinski definition) is 2. The summed E-state index contributed by atoms with van der Waals surface area (Å²) < 4.78 is 47.3. The summed E-state index contributed by atoms with van der Waals surface area (Å²) in [5, 5.41) is 6.21. The van der Waals surface area contributed by atoms with E-state index >= 15 is 0 Å². The molecule has 0 saturated carbocycles. The molecular weight excluding hydrogens is 359 g/mol. The highest BCUT2D eigenvalue weighted by Crippen LogP contribution is 2.22. The summed E-state index contributed by atoms with van der Waals surface area (Å²) in [6.45, 7) is -0.583. The van der Waals surface area contributed by atoms with Gasteiger partial charge in [0, 0.05) is 31.3 Å². The molecule has 0 unspecified atom stereocenters. The van der Waals surface area contributed by atoms with E-state index in [4.69, 9.17) is 9.47 Å². The maximum absolute atomic E-state index is 12.4. The molecule has 0 amide bonds. The summed E-state index contributed by atoms with van der Waals surface area (Å²) in [5.41, 5.74) is 1.55. The lowest BCUT2D eigenvalue weighted by molar-refractivity contribution is -0.153. The van der Waals surface area contributed by atoms with Gasteiger partial charge in [0.1, 0.15) is 11.5 Å². The predicted molar refractivity (Wildman–Crippen MR) is 98.0 cm³/mol. The van der Waals surface area contributed by atoms with Crippen molar-refractivity contribution in [3.05, 3.63) is 59.7 Å². The lowest BCUT2D eigenvalue weighted by Crippen LogP contribution is -2.36. The minimum absolute atomic E-state index is 0.183. The fourth-order valence-corrected chi connectivity index (χ4v) is 2.38. The van der Waals surface area contributed by atoms with E-state index in [1.807, 2.05) is 24.3 Å². The van der Waals surface area contributed by atoms with Crippen molar-refractivity contribution in [3.8, 4) is 11.5 Å². The molecule has 5 nitrogen and oxygen atoms in total. The highest BCUT2D eigenvalue weighted by Gasteiger charge is 2.28. The number of rotatable bonds is 7. The molecule has 0 radical (unpaired) electrons. The van der Waals surface area contributed by atoms with Crippen molar-refractivity contribution >= 4 is 5.96 Å². The van der Waals surface area contributed by atoms with Gasteiger partial charge in [-0.3, -0.25) is 4.99 Å². The van der Waals surface area contributed by atoms with Crippen LogP contribution < -0.4 is 20.1 Å². The van der Waals surface area contributed by atoms with Crippen molar-refractivity contribution in [1.82, 2.24) is 10.6 Å². The molecule has 0 aliphatic heterocycles. The molecular formula is C19H22F3N3O2. The normalized spacial score (nSPS) is 11.8. The third-order valence-electron chi connectivity index (χ3n) is 3.67. The Hall–Kier alpha value is -2.90. The number of alkyl halides is 3. The second kappa shape index (κ2) is 9.70. The molecule has 2 aromatic carbocycles. The Morgan fingerprint density at radius 2 is 1.44 bits per heavy atom. The van der Waals surface area contributed by atoms with Gasteiger partial charge in [-0.1, -0.05) is 36.4 Å². The first-order valence-electron chi connectivity index (χ1n) is 8.27. The number of methoxy groups -OCH3 is 1. The zero-order chi connectivity index (χ0) is 19.7. The van der Waals surface area contributed by atoms with Gasteiger partial charge < -0.3 is 20.1 Å². The average Bonchev–Trinajstić information content (AvgIpc) is 2.66. The molecule has 2 aromatic rings. The molecule has 0 fully saturated rings. The van der Waals surface area contributed by atoms with Crippen LogP contribution in [0.5, 0.6) is 11.5 Å². The first kappa shape index (κ1) is 20.4. The molecule has 2 rings (SSSR count). The highest BCUT2D eigenvalue weighted by atomic mass is 19.4. The molecule has 0 heterocycles. The Morgan fingerprint density at radius 1 is 0.926 bits per heavy atom. The van der Waals surface area contributed by atoms with Gasteiger partial charge in [0.15, 0.2) is 12.6 Å². The van der Waals surface area contributed by atoms with Crippen molar-refractivity contribution in [2.75, 3.05) is 20.8 Å². The first-order valence-corrected chi connectivity index (χ1v) is 8.27. The second-order valence-corrected chi connectivity index (χ2v) is 5.60. The number of para-hydroxylation sites is 2. The fourth-order valence-electron chi connectivity index (χ4n) is 2.38. The summed E-state index contributed by atoms with van der Waals surface area (Å²) in [4.78, 5) is 4.12. The topological polar surface area (TPSA) is 54.9 Å². The van der Waals surface area contributed by atoms with E-state index in [9.17, 15) is 13.2 Å². The molecule has 2 N–H and O–H groups in total. The number of benzene rings is 2. The minimum Gasteiger partial charge on any atom is -0.496 e. The molecule has 0 aromatic heterocycles. The van der Waals surface area contributed by atoms with Gasteiger partial charge in [0.2, 0.25) is 0 Å². The van der Waals surface area contributed by atoms with Crippen LogP contribution in [0.1, 0.15) is 11.1 Å². The van der Waals surface area contributed by atoms with Gasteiger partial charge >= 0.3 is 6.18 Å². The summed E-state index contributed by atoms with van der Waals surface area (Å²) in [7, 11) is 3.22. The summed E-state index contributed by atoms with van der Waals surface area (Å²) >= 11 is 0. The van der Waals surface area contributed by atoms with E-state index in [1.165, 1.54) is 6.07 Å². The van der Waals surface area contributed by atoms with E-state index in [1.54, 1.807) is 32.4 Å². The van der Waals surface area contributed by atoms with Crippen molar-refractivity contribution in [3.63, 3.8) is 0 Å². The molecule has 0 atom stereocenters. The molecule has 8 heteroatoms. The van der Waals surface area contributed by atoms with Crippen LogP contribution in [0.15, 0.2) is 53.5 Å². The van der Waals surface area contributed by atoms with Crippen molar-refractivity contribution in [1.29, 1.82) is 0 Å². The lowest BCUT2D eigenvalue weighted by Gasteiger charge is -2.16. The Balaban J connectivity index is 1.94. The van der Waals surface area contributed by atoms with Crippen molar-refractivity contribution in [2.45, 2.75) is 19.3 Å². The molecule has 0 aliphatic carbocycles. The SMILES string of the molecule is CN=C(NCc1ccccc1OC)NCc1ccccc1OCC(F)(F)F. The van der Waals surface area contributed by atoms with Crippen LogP contribution in [0, 0.1) is 0 Å². The lowest BCUT2D eigenvalue weighted by atomic mass is 10.2. The van der Waals surface area contributed by atoms with Crippen LogP contribution in [0.25, 0.3) is 0 Å². The molecule has 0 bridgehead atoms. The third kappa shape index (κ3) is 6.73. The van der Waals surface area contributed by atoms with E-state index in [2.05, 4.69) is 15.6 Å². The van der Waals surface area contributed by atoms with E-state index in [-0.39, 0.29) is 12.3 Å². The number of ether oxygens (including phenoxy) is 2. The third-order valence-corrected chi connectivity index (χ3v) is 3.67. The van der Waals surface area contributed by atoms with Gasteiger partial charge in [-0.25, -0.2) is 0 Å². The van der Waals surface area contributed by atoms with E-state index in [0.29, 0.717) is 18.1 Å². The van der Waals surface area contributed by atoms with Crippen LogP contribution in [-0.4, -0.2) is 32.9 Å². The van der Waals surface area contributed by atoms with E-state index < -0.39 is 12.8 Å². The largest absolute Gasteiger partial charge is 0.496 e. The Labute approximate surface area is 156 Å². The zero-order valence-electron chi connectivity index (χ0n) is 15.1. The highest BCUT2D eigenvalue weighted by molar-refractivity contribution is 5.79. The summed E-state index contributed by atoms with van der Waals surface area (Å²) in [6, 6.07) is 14.2. The summed E-state index contributed by atoms with van der Waals surface area (Å²) in [6.07, 6.45) is -4.38. The van der Waals surface area contributed by atoms with Gasteiger partial charge in [-0.05, 0) is 12.1 Å². The number of halogens is 3.